The van der Waals surface area contributed by atoms with Crippen LogP contribution >= 0.6 is 0 Å². The van der Waals surface area contributed by atoms with Crippen LogP contribution in [0.15, 0.2) is 34.1 Å². The summed E-state index contributed by atoms with van der Waals surface area (Å²) in [5, 5.41) is 2.84. The third-order valence-corrected chi connectivity index (χ3v) is 6.52. The summed E-state index contributed by atoms with van der Waals surface area (Å²) in [6, 6.07) is 6.27. The molecule has 0 radical (unpaired) electrons. The predicted octanol–water partition coefficient (Wildman–Crippen LogP) is 4.27. The molecule has 0 saturated heterocycles. The van der Waals surface area contributed by atoms with Crippen molar-refractivity contribution < 1.29 is 17.9 Å². The van der Waals surface area contributed by atoms with Crippen molar-refractivity contribution in [1.82, 2.24) is 4.57 Å². The smallest absolute Gasteiger partial charge is 0.225 e. The van der Waals surface area contributed by atoms with Gasteiger partial charge < -0.3 is 14.6 Å². The number of methoxy groups -OCH3 is 1. The van der Waals surface area contributed by atoms with Gasteiger partial charge in [0.25, 0.3) is 0 Å². The zero-order valence-corrected chi connectivity index (χ0v) is 17.6. The Morgan fingerprint density at radius 2 is 1.78 bits per heavy atom. The van der Waals surface area contributed by atoms with E-state index in [1.54, 1.807) is 19.1 Å². The highest BCUT2D eigenvalue weighted by atomic mass is 32.2. The molecule has 7 heteroatoms. The Morgan fingerprint density at radius 1 is 1.19 bits per heavy atom. The molecule has 1 aromatic carbocycles. The Balaban J connectivity index is 2.69. The number of hydrogen-bond donors (Lipinski definition) is 1. The van der Waals surface area contributed by atoms with Crippen molar-refractivity contribution in [3.63, 3.8) is 0 Å². The average Bonchev–Trinajstić information content (AvgIpc) is 2.86. The van der Waals surface area contributed by atoms with Gasteiger partial charge in [-0.2, -0.15) is 0 Å². The van der Waals surface area contributed by atoms with Crippen molar-refractivity contribution in [3.05, 3.63) is 35.5 Å². The van der Waals surface area contributed by atoms with Crippen LogP contribution < -0.4 is 10.1 Å². The summed E-state index contributed by atoms with van der Waals surface area (Å²) in [6.45, 7) is 9.49. The molecule has 27 heavy (non-hydrogen) atoms. The molecule has 0 saturated carbocycles. The largest absolute Gasteiger partial charge is 0.497 e. The van der Waals surface area contributed by atoms with Crippen LogP contribution in [0.4, 0.5) is 5.82 Å². The van der Waals surface area contributed by atoms with Gasteiger partial charge in [0.05, 0.1) is 12.0 Å². The van der Waals surface area contributed by atoms with Gasteiger partial charge in [0.1, 0.15) is 16.5 Å². The van der Waals surface area contributed by atoms with Crippen molar-refractivity contribution in [1.29, 1.82) is 0 Å². The second-order valence-electron chi connectivity index (χ2n) is 6.83. The molecule has 0 fully saturated rings. The van der Waals surface area contributed by atoms with E-state index in [4.69, 9.17) is 4.74 Å². The van der Waals surface area contributed by atoms with E-state index in [0.29, 0.717) is 30.0 Å². The molecule has 148 valence electrons. The lowest BCUT2D eigenvalue weighted by molar-refractivity contribution is -0.116. The summed E-state index contributed by atoms with van der Waals surface area (Å²) in [5.74, 6) is 0.732. The molecule has 2 rings (SSSR count). The van der Waals surface area contributed by atoms with Crippen LogP contribution in [0.3, 0.4) is 0 Å². The van der Waals surface area contributed by atoms with Crippen LogP contribution in [0.1, 0.15) is 50.9 Å². The lowest BCUT2D eigenvalue weighted by Crippen LogP contribution is -2.18. The maximum Gasteiger partial charge on any atom is 0.225 e. The molecule has 1 heterocycles. The van der Waals surface area contributed by atoms with E-state index >= 15 is 0 Å². The lowest BCUT2D eigenvalue weighted by atomic mass is 10.3. The average molecular weight is 393 g/mol. The van der Waals surface area contributed by atoms with Gasteiger partial charge in [-0.25, -0.2) is 8.42 Å². The number of carbonyl (C=O) groups excluding carboxylic acids is 1. The highest BCUT2D eigenvalue weighted by Gasteiger charge is 2.31. The third-order valence-electron chi connectivity index (χ3n) is 4.59. The molecule has 0 aliphatic carbocycles. The summed E-state index contributed by atoms with van der Waals surface area (Å²) in [5.41, 5.74) is 1.47. The van der Waals surface area contributed by atoms with Crippen LogP contribution in [0.25, 0.3) is 0 Å². The molecule has 6 nitrogen and oxygen atoms in total. The summed E-state index contributed by atoms with van der Waals surface area (Å²) in [6.07, 6.45) is 1.02. The SMILES string of the molecule is CCCC(=O)Nc1c(S(=O)(=O)c2ccc(OC)cc2)c(C)c(C)n1C(C)C. The topological polar surface area (TPSA) is 77.4 Å². The number of sulfone groups is 1. The number of nitrogens with one attached hydrogen (secondary N) is 1. The van der Waals surface area contributed by atoms with Gasteiger partial charge in [-0.05, 0) is 63.9 Å². The van der Waals surface area contributed by atoms with E-state index in [-0.39, 0.29) is 21.7 Å². The molecule has 0 bridgehead atoms. The quantitative estimate of drug-likeness (QED) is 0.763. The van der Waals surface area contributed by atoms with Gasteiger partial charge in [0.15, 0.2) is 0 Å². The number of aromatic nitrogens is 1. The maximum atomic E-state index is 13.4. The zero-order valence-electron chi connectivity index (χ0n) is 16.8. The Bertz CT molecular complexity index is 926. The maximum absolute atomic E-state index is 13.4. The Labute approximate surface area is 161 Å². The summed E-state index contributed by atoms with van der Waals surface area (Å²) in [4.78, 5) is 12.6. The van der Waals surface area contributed by atoms with Crippen molar-refractivity contribution in [2.45, 2.75) is 63.3 Å². The fourth-order valence-corrected chi connectivity index (χ4v) is 4.87. The third kappa shape index (κ3) is 4.03. The molecule has 1 aromatic heterocycles. The predicted molar refractivity (Wildman–Crippen MR) is 106 cm³/mol. The van der Waals surface area contributed by atoms with Crippen molar-refractivity contribution in [2.75, 3.05) is 12.4 Å². The molecule has 0 spiro atoms. The van der Waals surface area contributed by atoms with E-state index in [1.807, 2.05) is 32.3 Å². The number of ether oxygens (including phenoxy) is 1. The summed E-state index contributed by atoms with van der Waals surface area (Å²) >= 11 is 0. The summed E-state index contributed by atoms with van der Waals surface area (Å²) < 4.78 is 33.8. The molecule has 0 atom stereocenters. The number of carbonyl (C=O) groups is 1. The fraction of sp³-hybridized carbons (Fsp3) is 0.450. The molecule has 1 amide bonds. The van der Waals surface area contributed by atoms with Gasteiger partial charge in [0.2, 0.25) is 15.7 Å². The molecular formula is C20H28N2O4S. The van der Waals surface area contributed by atoms with Gasteiger partial charge in [-0.3, -0.25) is 4.79 Å². The van der Waals surface area contributed by atoms with Gasteiger partial charge in [0, 0.05) is 18.2 Å². The number of rotatable bonds is 7. The standard InChI is InChI=1S/C20H28N2O4S/c1-7-8-18(23)21-20-19(14(4)15(5)22(20)13(2)3)27(24,25)17-11-9-16(26-6)10-12-17/h9-13H,7-8H2,1-6H3,(H,21,23). The van der Waals surface area contributed by atoms with Crippen molar-refractivity contribution in [3.8, 4) is 5.75 Å². The van der Waals surface area contributed by atoms with Crippen LogP contribution in [0.5, 0.6) is 5.75 Å². The highest BCUT2D eigenvalue weighted by Crippen LogP contribution is 2.37. The van der Waals surface area contributed by atoms with Crippen molar-refractivity contribution in [2.24, 2.45) is 0 Å². The van der Waals surface area contributed by atoms with E-state index in [9.17, 15) is 13.2 Å². The van der Waals surface area contributed by atoms with Crippen LogP contribution in [-0.2, 0) is 14.6 Å². The van der Waals surface area contributed by atoms with Crippen LogP contribution in [0.2, 0.25) is 0 Å². The molecule has 1 N–H and O–H groups in total. The minimum atomic E-state index is -3.81. The monoisotopic (exact) mass is 392 g/mol. The zero-order chi connectivity index (χ0) is 20.4. The second kappa shape index (κ2) is 8.17. The van der Waals surface area contributed by atoms with E-state index in [0.717, 1.165) is 5.69 Å². The summed E-state index contributed by atoms with van der Waals surface area (Å²) in [7, 11) is -2.28. The highest BCUT2D eigenvalue weighted by molar-refractivity contribution is 7.91. The first kappa shape index (κ1) is 21.0. The minimum absolute atomic E-state index is 0.000411. The first-order valence-corrected chi connectivity index (χ1v) is 10.5. The molecule has 0 aliphatic rings. The first-order valence-electron chi connectivity index (χ1n) is 9.05. The molecule has 0 aliphatic heterocycles. The molecule has 2 aromatic rings. The van der Waals surface area contributed by atoms with Crippen LogP contribution in [0, 0.1) is 13.8 Å². The normalized spacial score (nSPS) is 11.7. The number of benzene rings is 1. The first-order chi connectivity index (χ1) is 12.6. The van der Waals surface area contributed by atoms with Crippen LogP contribution in [-0.4, -0.2) is 26.0 Å². The number of amides is 1. The second-order valence-corrected chi connectivity index (χ2v) is 8.72. The minimum Gasteiger partial charge on any atom is -0.497 e. The molecule has 0 unspecified atom stereocenters. The fourth-order valence-electron chi connectivity index (χ4n) is 3.19. The van der Waals surface area contributed by atoms with Crippen molar-refractivity contribution >= 4 is 21.6 Å². The van der Waals surface area contributed by atoms with Gasteiger partial charge in [-0.1, -0.05) is 6.92 Å². The number of hydrogen-bond acceptors (Lipinski definition) is 4. The molecular weight excluding hydrogens is 364 g/mol. The van der Waals surface area contributed by atoms with E-state index < -0.39 is 9.84 Å². The van der Waals surface area contributed by atoms with E-state index in [2.05, 4.69) is 5.32 Å². The Morgan fingerprint density at radius 3 is 2.26 bits per heavy atom. The lowest BCUT2D eigenvalue weighted by Gasteiger charge is -2.17. The Kier molecular flexibility index (Phi) is 6.36. The number of nitrogens with zero attached hydrogens (tertiary/aromatic N) is 1. The van der Waals surface area contributed by atoms with Gasteiger partial charge >= 0.3 is 0 Å². The van der Waals surface area contributed by atoms with Gasteiger partial charge in [-0.15, -0.1) is 0 Å². The Hall–Kier alpha value is -2.28. The van der Waals surface area contributed by atoms with E-state index in [1.165, 1.54) is 19.2 Å². The number of anilines is 1.